The fourth-order valence-corrected chi connectivity index (χ4v) is 2.24. The molecule has 0 aromatic carbocycles. The molecule has 5 heteroatoms. The van der Waals surface area contributed by atoms with Crippen molar-refractivity contribution in [1.82, 2.24) is 9.47 Å². The van der Waals surface area contributed by atoms with Crippen molar-refractivity contribution >= 4 is 12.0 Å². The number of hydrogen-bond donors (Lipinski definition) is 0. The monoisotopic (exact) mass is 249 g/mol. The number of likely N-dealkylation sites (N-methyl/N-ethyl adjacent to an activating group) is 1. The fourth-order valence-electron chi connectivity index (χ4n) is 2.24. The highest BCUT2D eigenvalue weighted by atomic mass is 16.1. The molecule has 1 aromatic heterocycles. The summed E-state index contributed by atoms with van der Waals surface area (Å²) >= 11 is 0. The second kappa shape index (κ2) is 4.94. The number of carbonyl (C=O) groups is 1. The van der Waals surface area contributed by atoms with Crippen molar-refractivity contribution < 1.29 is 4.79 Å². The molecule has 0 radical (unpaired) electrons. The Morgan fingerprint density at radius 3 is 2.33 bits per heavy atom. The molecular formula is C13H19N3O2. The summed E-state index contributed by atoms with van der Waals surface area (Å²) in [4.78, 5) is 27.6. The summed E-state index contributed by atoms with van der Waals surface area (Å²) < 4.78 is 1.52. The predicted molar refractivity (Wildman–Crippen MR) is 71.5 cm³/mol. The molecule has 0 N–H and O–H groups in total. The average Bonchev–Trinajstić information content (AvgIpc) is 2.37. The van der Waals surface area contributed by atoms with Crippen LogP contribution in [0.2, 0.25) is 0 Å². The number of rotatable bonds is 2. The van der Waals surface area contributed by atoms with E-state index < -0.39 is 0 Å². The van der Waals surface area contributed by atoms with Gasteiger partial charge in [0.05, 0.1) is 5.69 Å². The van der Waals surface area contributed by atoms with Crippen molar-refractivity contribution in [2.45, 2.75) is 6.92 Å². The van der Waals surface area contributed by atoms with Crippen LogP contribution >= 0.6 is 0 Å². The van der Waals surface area contributed by atoms with Gasteiger partial charge in [0.2, 0.25) is 0 Å². The van der Waals surface area contributed by atoms with Crippen molar-refractivity contribution in [1.29, 1.82) is 0 Å². The van der Waals surface area contributed by atoms with Crippen LogP contribution in [0.15, 0.2) is 10.9 Å². The summed E-state index contributed by atoms with van der Waals surface area (Å²) in [6.07, 6.45) is 0.676. The van der Waals surface area contributed by atoms with E-state index in [1.54, 1.807) is 7.05 Å². The van der Waals surface area contributed by atoms with E-state index in [2.05, 4.69) is 16.8 Å². The van der Waals surface area contributed by atoms with Crippen LogP contribution in [0.25, 0.3) is 0 Å². The van der Waals surface area contributed by atoms with E-state index in [9.17, 15) is 9.59 Å². The number of aromatic nitrogens is 1. The lowest BCUT2D eigenvalue weighted by molar-refractivity contribution is 0.112. The minimum Gasteiger partial charge on any atom is -0.368 e. The van der Waals surface area contributed by atoms with E-state index in [1.165, 1.54) is 4.57 Å². The zero-order valence-electron chi connectivity index (χ0n) is 11.1. The summed E-state index contributed by atoms with van der Waals surface area (Å²) in [6.45, 7) is 5.49. The minimum absolute atomic E-state index is 0.209. The lowest BCUT2D eigenvalue weighted by atomic mass is 10.1. The van der Waals surface area contributed by atoms with Gasteiger partial charge in [0, 0.05) is 38.9 Å². The smallest absolute Gasteiger partial charge is 0.263 e. The molecule has 18 heavy (non-hydrogen) atoms. The zero-order valence-corrected chi connectivity index (χ0v) is 11.1. The Labute approximate surface area is 107 Å². The Balaban J connectivity index is 2.44. The summed E-state index contributed by atoms with van der Waals surface area (Å²) in [5, 5.41) is 0. The van der Waals surface area contributed by atoms with Crippen LogP contribution in [0.1, 0.15) is 16.1 Å². The maximum atomic E-state index is 12.0. The molecule has 2 heterocycles. The van der Waals surface area contributed by atoms with Crippen molar-refractivity contribution in [3.8, 4) is 0 Å². The van der Waals surface area contributed by atoms with Crippen LogP contribution in [0.4, 0.5) is 5.69 Å². The largest absolute Gasteiger partial charge is 0.368 e. The second-order valence-electron chi connectivity index (χ2n) is 4.86. The van der Waals surface area contributed by atoms with E-state index in [1.807, 2.05) is 13.0 Å². The number of anilines is 1. The number of pyridine rings is 1. The molecule has 1 saturated heterocycles. The first-order valence-corrected chi connectivity index (χ1v) is 6.14. The van der Waals surface area contributed by atoms with E-state index >= 15 is 0 Å². The van der Waals surface area contributed by atoms with Crippen LogP contribution in [0.5, 0.6) is 0 Å². The molecule has 0 amide bonds. The standard InChI is InChI=1S/C13H19N3O2/c1-10-8-12(11(9-17)13(18)15(10)3)16-6-4-14(2)5-7-16/h8-9H,4-7H2,1-3H3. The predicted octanol–water partition coefficient (Wildman–Crippen LogP) is 0.258. The fraction of sp³-hybridized carbons (Fsp3) is 0.538. The van der Waals surface area contributed by atoms with Crippen molar-refractivity contribution in [2.75, 3.05) is 38.1 Å². The topological polar surface area (TPSA) is 45.6 Å². The highest BCUT2D eigenvalue weighted by molar-refractivity contribution is 5.84. The average molecular weight is 249 g/mol. The van der Waals surface area contributed by atoms with Gasteiger partial charge in [-0.05, 0) is 20.0 Å². The molecule has 98 valence electrons. The molecule has 2 rings (SSSR count). The van der Waals surface area contributed by atoms with Gasteiger partial charge < -0.3 is 14.4 Å². The van der Waals surface area contributed by atoms with E-state index in [-0.39, 0.29) is 11.1 Å². The number of aldehydes is 1. The lowest BCUT2D eigenvalue weighted by Gasteiger charge is -2.34. The SMILES string of the molecule is Cc1cc(N2CCN(C)CC2)c(C=O)c(=O)n1C. The van der Waals surface area contributed by atoms with E-state index in [4.69, 9.17) is 0 Å². The second-order valence-corrected chi connectivity index (χ2v) is 4.86. The Morgan fingerprint density at radius 1 is 1.17 bits per heavy atom. The Kier molecular flexibility index (Phi) is 3.52. The van der Waals surface area contributed by atoms with Gasteiger partial charge in [-0.3, -0.25) is 9.59 Å². The van der Waals surface area contributed by atoms with Crippen LogP contribution in [-0.4, -0.2) is 49.0 Å². The van der Waals surface area contributed by atoms with Gasteiger partial charge in [-0.1, -0.05) is 0 Å². The quantitative estimate of drug-likeness (QED) is 0.705. The molecule has 0 spiro atoms. The molecule has 1 aliphatic heterocycles. The van der Waals surface area contributed by atoms with E-state index in [0.717, 1.165) is 37.6 Å². The third-order valence-corrected chi connectivity index (χ3v) is 3.65. The molecule has 5 nitrogen and oxygen atoms in total. The Morgan fingerprint density at radius 2 is 1.78 bits per heavy atom. The highest BCUT2D eigenvalue weighted by Crippen LogP contribution is 2.19. The normalized spacial score (nSPS) is 16.9. The van der Waals surface area contributed by atoms with Gasteiger partial charge in [-0.2, -0.15) is 0 Å². The molecule has 0 aliphatic carbocycles. The summed E-state index contributed by atoms with van der Waals surface area (Å²) in [7, 11) is 3.77. The first-order chi connectivity index (χ1) is 8.54. The van der Waals surface area contributed by atoms with Crippen LogP contribution in [0, 0.1) is 6.92 Å². The Bertz CT molecular complexity index is 514. The van der Waals surface area contributed by atoms with Crippen molar-refractivity contribution in [3.63, 3.8) is 0 Å². The van der Waals surface area contributed by atoms with Crippen molar-refractivity contribution in [3.05, 3.63) is 27.7 Å². The van der Waals surface area contributed by atoms with Gasteiger partial charge in [-0.25, -0.2) is 0 Å². The Hall–Kier alpha value is -1.62. The first-order valence-electron chi connectivity index (χ1n) is 6.14. The number of aryl methyl sites for hydroxylation is 1. The lowest BCUT2D eigenvalue weighted by Crippen LogP contribution is -2.45. The van der Waals surface area contributed by atoms with Gasteiger partial charge in [0.25, 0.3) is 5.56 Å². The molecule has 0 saturated carbocycles. The molecule has 1 aromatic rings. The van der Waals surface area contributed by atoms with Gasteiger partial charge in [0.1, 0.15) is 5.56 Å². The number of hydrogen-bond acceptors (Lipinski definition) is 4. The highest BCUT2D eigenvalue weighted by Gasteiger charge is 2.19. The molecular weight excluding hydrogens is 230 g/mol. The molecule has 1 fully saturated rings. The van der Waals surface area contributed by atoms with Gasteiger partial charge in [0.15, 0.2) is 6.29 Å². The summed E-state index contributed by atoms with van der Waals surface area (Å²) in [5.41, 5.74) is 1.71. The van der Waals surface area contributed by atoms with Crippen LogP contribution < -0.4 is 10.5 Å². The third kappa shape index (κ3) is 2.18. The van der Waals surface area contributed by atoms with Crippen LogP contribution in [0.3, 0.4) is 0 Å². The molecule has 0 atom stereocenters. The number of carbonyl (C=O) groups excluding carboxylic acids is 1. The van der Waals surface area contributed by atoms with Gasteiger partial charge >= 0.3 is 0 Å². The minimum atomic E-state index is -0.209. The zero-order chi connectivity index (χ0) is 13.3. The number of piperazine rings is 1. The molecule has 0 bridgehead atoms. The first kappa shape index (κ1) is 12.8. The summed E-state index contributed by atoms with van der Waals surface area (Å²) in [5.74, 6) is 0. The number of nitrogens with zero attached hydrogens (tertiary/aromatic N) is 3. The maximum absolute atomic E-state index is 12.0. The third-order valence-electron chi connectivity index (χ3n) is 3.65. The van der Waals surface area contributed by atoms with Gasteiger partial charge in [-0.15, -0.1) is 0 Å². The maximum Gasteiger partial charge on any atom is 0.263 e. The van der Waals surface area contributed by atoms with Crippen molar-refractivity contribution in [2.24, 2.45) is 7.05 Å². The van der Waals surface area contributed by atoms with Crippen LogP contribution in [-0.2, 0) is 7.05 Å². The van der Waals surface area contributed by atoms with E-state index in [0.29, 0.717) is 6.29 Å². The molecule has 1 aliphatic rings. The molecule has 0 unspecified atom stereocenters. The summed E-state index contributed by atoms with van der Waals surface area (Å²) in [6, 6.07) is 1.93.